The molecule has 1 fully saturated rings. The van der Waals surface area contributed by atoms with Gasteiger partial charge in [-0.15, -0.1) is 0 Å². The van der Waals surface area contributed by atoms with E-state index in [1.165, 1.54) is 5.56 Å². The number of methoxy groups -OCH3 is 1. The zero-order chi connectivity index (χ0) is 14.7. The highest BCUT2D eigenvalue weighted by atomic mass is 16.5. The molecule has 0 unspecified atom stereocenters. The first-order chi connectivity index (χ1) is 10.2. The van der Waals surface area contributed by atoms with Gasteiger partial charge in [-0.05, 0) is 31.1 Å². The van der Waals surface area contributed by atoms with Gasteiger partial charge in [0.1, 0.15) is 11.5 Å². The summed E-state index contributed by atoms with van der Waals surface area (Å²) in [7, 11) is 1.72. The standard InChI is InChI=1S/C19H20O2/c1-19(16-10-6-7-11-17(16)20-2)12-13-21-18(19)14-15-8-4-3-5-9-15/h3-11,14H,12-13H2,1-2H3/b18-14-/t19-/m0/s1. The van der Waals surface area contributed by atoms with Gasteiger partial charge in [0.25, 0.3) is 0 Å². The summed E-state index contributed by atoms with van der Waals surface area (Å²) in [4.78, 5) is 0. The second kappa shape index (κ2) is 5.65. The quantitative estimate of drug-likeness (QED) is 0.829. The van der Waals surface area contributed by atoms with Crippen LogP contribution >= 0.6 is 0 Å². The monoisotopic (exact) mass is 280 g/mol. The molecule has 2 aromatic rings. The van der Waals surface area contributed by atoms with E-state index in [0.29, 0.717) is 0 Å². The summed E-state index contributed by atoms with van der Waals surface area (Å²) < 4.78 is 11.5. The molecule has 0 aliphatic carbocycles. The predicted octanol–water partition coefficient (Wildman–Crippen LogP) is 4.41. The third-order valence-corrected chi connectivity index (χ3v) is 4.20. The third-order valence-electron chi connectivity index (χ3n) is 4.20. The SMILES string of the molecule is COc1ccccc1[C@]1(C)CCO/C1=C\c1ccccc1. The minimum absolute atomic E-state index is 0.136. The molecule has 1 atom stereocenters. The molecule has 0 bridgehead atoms. The van der Waals surface area contributed by atoms with Gasteiger partial charge >= 0.3 is 0 Å². The van der Waals surface area contributed by atoms with Crippen molar-refractivity contribution in [2.45, 2.75) is 18.8 Å². The van der Waals surface area contributed by atoms with Crippen molar-refractivity contribution in [3.8, 4) is 5.75 Å². The van der Waals surface area contributed by atoms with Crippen LogP contribution in [0.4, 0.5) is 0 Å². The second-order valence-corrected chi connectivity index (χ2v) is 5.55. The molecule has 1 saturated heterocycles. The van der Waals surface area contributed by atoms with Crippen LogP contribution in [0.3, 0.4) is 0 Å². The Morgan fingerprint density at radius 3 is 2.52 bits per heavy atom. The lowest BCUT2D eigenvalue weighted by Gasteiger charge is -2.26. The van der Waals surface area contributed by atoms with E-state index in [2.05, 4.69) is 37.3 Å². The first kappa shape index (κ1) is 13.7. The van der Waals surface area contributed by atoms with Crippen molar-refractivity contribution in [1.82, 2.24) is 0 Å². The summed E-state index contributed by atoms with van der Waals surface area (Å²) >= 11 is 0. The van der Waals surface area contributed by atoms with Crippen LogP contribution in [0.15, 0.2) is 60.4 Å². The molecule has 2 nitrogen and oxygen atoms in total. The summed E-state index contributed by atoms with van der Waals surface area (Å²) in [5, 5.41) is 0. The lowest BCUT2D eigenvalue weighted by atomic mass is 9.78. The fourth-order valence-corrected chi connectivity index (χ4v) is 2.92. The van der Waals surface area contributed by atoms with Crippen molar-refractivity contribution in [2.24, 2.45) is 0 Å². The Kier molecular flexibility index (Phi) is 3.70. The Labute approximate surface area is 126 Å². The molecule has 0 aromatic heterocycles. The lowest BCUT2D eigenvalue weighted by molar-refractivity contribution is 0.259. The molecule has 0 radical (unpaired) electrons. The maximum atomic E-state index is 5.93. The van der Waals surface area contributed by atoms with E-state index in [1.807, 2.05) is 30.3 Å². The number of rotatable bonds is 3. The fraction of sp³-hybridized carbons (Fsp3) is 0.263. The summed E-state index contributed by atoms with van der Waals surface area (Å²) in [5.41, 5.74) is 2.21. The predicted molar refractivity (Wildman–Crippen MR) is 85.3 cm³/mol. The lowest BCUT2D eigenvalue weighted by Crippen LogP contribution is -2.21. The van der Waals surface area contributed by atoms with Gasteiger partial charge in [0.15, 0.2) is 0 Å². The van der Waals surface area contributed by atoms with Crippen molar-refractivity contribution in [1.29, 1.82) is 0 Å². The first-order valence-electron chi connectivity index (χ1n) is 7.27. The minimum Gasteiger partial charge on any atom is -0.497 e. The van der Waals surface area contributed by atoms with Gasteiger partial charge in [0.2, 0.25) is 0 Å². The van der Waals surface area contributed by atoms with Crippen molar-refractivity contribution >= 4 is 6.08 Å². The number of allylic oxidation sites excluding steroid dienone is 1. The van der Waals surface area contributed by atoms with Gasteiger partial charge < -0.3 is 9.47 Å². The average Bonchev–Trinajstić information content (AvgIpc) is 2.90. The van der Waals surface area contributed by atoms with E-state index in [-0.39, 0.29) is 5.41 Å². The van der Waals surface area contributed by atoms with Gasteiger partial charge in [-0.3, -0.25) is 0 Å². The van der Waals surface area contributed by atoms with E-state index >= 15 is 0 Å². The molecular formula is C19H20O2. The Hall–Kier alpha value is -2.22. The molecule has 3 rings (SSSR count). The van der Waals surface area contributed by atoms with Crippen molar-refractivity contribution in [3.05, 3.63) is 71.5 Å². The molecule has 2 aromatic carbocycles. The molecule has 21 heavy (non-hydrogen) atoms. The minimum atomic E-state index is -0.136. The van der Waals surface area contributed by atoms with Crippen LogP contribution in [0.2, 0.25) is 0 Å². The molecule has 2 heteroatoms. The van der Waals surface area contributed by atoms with E-state index in [1.54, 1.807) is 7.11 Å². The molecule has 1 aliphatic rings. The summed E-state index contributed by atoms with van der Waals surface area (Å²) in [6.07, 6.45) is 3.10. The van der Waals surface area contributed by atoms with Crippen LogP contribution in [0.5, 0.6) is 5.75 Å². The maximum Gasteiger partial charge on any atom is 0.123 e. The number of benzene rings is 2. The first-order valence-corrected chi connectivity index (χ1v) is 7.27. The molecule has 1 aliphatic heterocycles. The molecule has 0 spiro atoms. The topological polar surface area (TPSA) is 18.5 Å². The summed E-state index contributed by atoms with van der Waals surface area (Å²) in [5.74, 6) is 1.93. The molecule has 108 valence electrons. The van der Waals surface area contributed by atoms with Crippen molar-refractivity contribution < 1.29 is 9.47 Å². The van der Waals surface area contributed by atoms with E-state index in [0.717, 1.165) is 30.1 Å². The van der Waals surface area contributed by atoms with Crippen molar-refractivity contribution in [2.75, 3.05) is 13.7 Å². The van der Waals surface area contributed by atoms with Crippen LogP contribution in [0.1, 0.15) is 24.5 Å². The number of para-hydroxylation sites is 1. The number of hydrogen-bond acceptors (Lipinski definition) is 2. The molecule has 0 amide bonds. The van der Waals surface area contributed by atoms with E-state index in [4.69, 9.17) is 9.47 Å². The van der Waals surface area contributed by atoms with Crippen LogP contribution in [-0.4, -0.2) is 13.7 Å². The maximum absolute atomic E-state index is 5.93. The van der Waals surface area contributed by atoms with Gasteiger partial charge in [0, 0.05) is 5.56 Å². The zero-order valence-electron chi connectivity index (χ0n) is 12.5. The average molecular weight is 280 g/mol. The number of ether oxygens (including phenoxy) is 2. The van der Waals surface area contributed by atoms with E-state index < -0.39 is 0 Å². The Morgan fingerprint density at radius 2 is 1.76 bits per heavy atom. The Bertz CT molecular complexity index is 646. The highest BCUT2D eigenvalue weighted by molar-refractivity contribution is 5.57. The molecule has 0 N–H and O–H groups in total. The van der Waals surface area contributed by atoms with Crippen LogP contribution in [-0.2, 0) is 10.2 Å². The van der Waals surface area contributed by atoms with Gasteiger partial charge in [0.05, 0.1) is 19.1 Å². The van der Waals surface area contributed by atoms with Gasteiger partial charge in [-0.1, -0.05) is 48.5 Å². The highest BCUT2D eigenvalue weighted by Crippen LogP contribution is 2.45. The van der Waals surface area contributed by atoms with Crippen molar-refractivity contribution in [3.63, 3.8) is 0 Å². The summed E-state index contributed by atoms with van der Waals surface area (Å²) in [6.45, 7) is 2.97. The smallest absolute Gasteiger partial charge is 0.123 e. The van der Waals surface area contributed by atoms with Gasteiger partial charge in [-0.2, -0.15) is 0 Å². The van der Waals surface area contributed by atoms with Gasteiger partial charge in [-0.25, -0.2) is 0 Å². The second-order valence-electron chi connectivity index (χ2n) is 5.55. The van der Waals surface area contributed by atoms with Crippen LogP contribution < -0.4 is 4.74 Å². The highest BCUT2D eigenvalue weighted by Gasteiger charge is 2.39. The van der Waals surface area contributed by atoms with Crippen LogP contribution in [0, 0.1) is 0 Å². The summed E-state index contributed by atoms with van der Waals surface area (Å²) in [6, 6.07) is 18.5. The molecular weight excluding hydrogens is 260 g/mol. The largest absolute Gasteiger partial charge is 0.497 e. The Balaban J connectivity index is 2.05. The Morgan fingerprint density at radius 1 is 1.05 bits per heavy atom. The normalized spacial score (nSPS) is 23.0. The van der Waals surface area contributed by atoms with E-state index in [9.17, 15) is 0 Å². The molecule has 0 saturated carbocycles. The van der Waals surface area contributed by atoms with Crippen LogP contribution in [0.25, 0.3) is 6.08 Å². The fourth-order valence-electron chi connectivity index (χ4n) is 2.92. The number of hydrogen-bond donors (Lipinski definition) is 0. The zero-order valence-corrected chi connectivity index (χ0v) is 12.5. The molecule has 1 heterocycles. The third kappa shape index (κ3) is 2.54.